The molecule has 0 spiro atoms. The van der Waals surface area contributed by atoms with Gasteiger partial charge in [-0.2, -0.15) is 0 Å². The number of carbonyl (C=O) groups excluding carboxylic acids is 15. The molecule has 9 N–H and O–H groups in total. The van der Waals surface area contributed by atoms with E-state index in [2.05, 4.69) is 120 Å². The molecule has 38 heteroatoms. The zero-order valence-corrected chi connectivity index (χ0v) is 85.1. The van der Waals surface area contributed by atoms with Crippen LogP contribution in [0.25, 0.3) is 0 Å². The SMILES string of the molecule is C=CCOC(=O)N1CC(=O)NC(=N[C@@H](CC)C(=O)N2CC(=O)NC(=N[C@H](C)C(C)C)[C@@H]2CC(C)C)[C@@H]1CCC(C)=O.CC[C@H](N=C1NC(=O)CN(C[C@H](CCCCNC(=O)OC(C)(C)C)NC(=O)OCc2ccccc2)[C@H]1CCC(C)=O)C(=O)N1CC(=O)NC(=N[C@H](C)C(C)C)[C@@H]1CC(C)C.CC[C@H](N=C1NC(=O)CN[C@H]1CCC(C)=O)C(=O)N1CC(=O)NC(=N[C@H](C)C(C)C)[C@@H]1CC(C)C. The van der Waals surface area contributed by atoms with Crippen molar-refractivity contribution in [3.63, 3.8) is 0 Å². The minimum absolute atomic E-state index is 0.0113. The Morgan fingerprint density at radius 1 is 0.463 bits per heavy atom. The van der Waals surface area contributed by atoms with Gasteiger partial charge in [-0.1, -0.05) is 147 Å². The summed E-state index contributed by atoms with van der Waals surface area (Å²) in [7, 11) is 0. The number of ketones is 3. The molecule has 38 nitrogen and oxygen atoms in total. The number of Topliss-reactive ketones (excluding diaryl/α,β-unsaturated/α-hetero) is 3. The van der Waals surface area contributed by atoms with Crippen LogP contribution < -0.4 is 47.9 Å². The van der Waals surface area contributed by atoms with E-state index in [1.807, 2.05) is 97.5 Å². The molecule has 6 heterocycles. The van der Waals surface area contributed by atoms with E-state index in [4.69, 9.17) is 34.2 Å². The second-order valence-electron chi connectivity index (χ2n) is 39.4. The van der Waals surface area contributed by atoms with E-state index in [0.29, 0.717) is 94.1 Å². The molecule has 758 valence electrons. The maximum Gasteiger partial charge on any atom is 0.411 e. The first-order valence-corrected chi connectivity index (χ1v) is 48.6. The van der Waals surface area contributed by atoms with Crippen LogP contribution in [0.2, 0.25) is 0 Å². The zero-order chi connectivity index (χ0) is 102. The first kappa shape index (κ1) is 115. The second-order valence-corrected chi connectivity index (χ2v) is 39.4. The molecular formula is C98H158N20O18. The Kier molecular flexibility index (Phi) is 48.0. The summed E-state index contributed by atoms with van der Waals surface area (Å²) < 4.78 is 16.1. The molecule has 12 amide bonds. The minimum Gasteiger partial charge on any atom is -0.445 e. The van der Waals surface area contributed by atoms with Gasteiger partial charge >= 0.3 is 18.3 Å². The first-order chi connectivity index (χ1) is 64.0. The topological polar surface area (TPSA) is 482 Å². The molecule has 0 unspecified atom stereocenters. The minimum atomic E-state index is -0.946. The third-order valence-electron chi connectivity index (χ3n) is 23.8. The number of benzene rings is 1. The van der Waals surface area contributed by atoms with E-state index in [1.54, 1.807) is 37.5 Å². The van der Waals surface area contributed by atoms with Gasteiger partial charge in [0.05, 0.1) is 67.5 Å². The Bertz CT molecular complexity index is 4460. The van der Waals surface area contributed by atoms with Crippen molar-refractivity contribution < 1.29 is 86.1 Å². The molecule has 136 heavy (non-hydrogen) atoms. The van der Waals surface area contributed by atoms with Crippen molar-refractivity contribution in [1.82, 2.24) is 72.4 Å². The average molecular weight is 1900 g/mol. The summed E-state index contributed by atoms with van der Waals surface area (Å²) >= 11 is 0. The van der Waals surface area contributed by atoms with Gasteiger partial charge in [-0.25, -0.2) is 14.4 Å². The summed E-state index contributed by atoms with van der Waals surface area (Å²) in [5, 5.41) is 25.9. The summed E-state index contributed by atoms with van der Waals surface area (Å²) in [5.41, 5.74) is 0.195. The highest BCUT2D eigenvalue weighted by molar-refractivity contribution is 6.12. The molecule has 1 aromatic carbocycles. The zero-order valence-electron chi connectivity index (χ0n) is 85.1. The van der Waals surface area contributed by atoms with Crippen LogP contribution in [0.1, 0.15) is 268 Å². The number of ether oxygens (including phenoxy) is 3. The van der Waals surface area contributed by atoms with Crippen LogP contribution in [0.4, 0.5) is 14.4 Å². The quantitative estimate of drug-likeness (QED) is 0.0167. The van der Waals surface area contributed by atoms with E-state index in [9.17, 15) is 71.9 Å². The Morgan fingerprint density at radius 3 is 1.23 bits per heavy atom. The summed E-state index contributed by atoms with van der Waals surface area (Å²) in [6.07, 6.45) is 5.60. The number of hydrogen-bond donors (Lipinski definition) is 9. The van der Waals surface area contributed by atoms with Crippen LogP contribution in [0.3, 0.4) is 0 Å². The predicted molar refractivity (Wildman–Crippen MR) is 524 cm³/mol. The van der Waals surface area contributed by atoms with Crippen LogP contribution in [-0.2, 0) is 78.4 Å². The molecule has 1 aromatic rings. The molecule has 0 bridgehead atoms. The summed E-state index contributed by atoms with van der Waals surface area (Å²) in [4.78, 5) is 229. The fourth-order valence-electron chi connectivity index (χ4n) is 15.6. The fraction of sp³-hybridized carbons (Fsp3) is 0.704. The number of nitrogens with zero attached hydrogens (tertiary/aromatic N) is 11. The molecule has 6 fully saturated rings. The third-order valence-corrected chi connectivity index (χ3v) is 23.8. The number of amides is 12. The maximum atomic E-state index is 14.5. The largest absolute Gasteiger partial charge is 0.445 e. The number of piperazine rings is 6. The van der Waals surface area contributed by atoms with Crippen LogP contribution >= 0.6 is 0 Å². The Balaban J connectivity index is 0.000000377. The van der Waals surface area contributed by atoms with Gasteiger partial charge in [-0.3, -0.25) is 88.2 Å². The summed E-state index contributed by atoms with van der Waals surface area (Å²) in [6, 6.07) is 3.03. The molecule has 0 saturated carbocycles. The molecule has 6 saturated heterocycles. The molecule has 13 atom stereocenters. The Labute approximate surface area is 804 Å². The van der Waals surface area contributed by atoms with Crippen molar-refractivity contribution in [3.8, 4) is 0 Å². The maximum absolute atomic E-state index is 14.5. The lowest BCUT2D eigenvalue weighted by Crippen LogP contribution is -2.63. The van der Waals surface area contributed by atoms with Crippen molar-refractivity contribution in [2.45, 2.75) is 353 Å². The van der Waals surface area contributed by atoms with Crippen molar-refractivity contribution >= 4 is 124 Å². The molecule has 7 rings (SSSR count). The Morgan fingerprint density at radius 2 is 0.838 bits per heavy atom. The van der Waals surface area contributed by atoms with Gasteiger partial charge in [0.15, 0.2) is 0 Å². The van der Waals surface area contributed by atoms with Crippen molar-refractivity contribution in [2.75, 3.05) is 59.0 Å². The van der Waals surface area contributed by atoms with Gasteiger partial charge in [0.25, 0.3) is 0 Å². The Hall–Kier alpha value is -11.0. The number of hydrogen-bond acceptors (Lipinski definition) is 26. The molecule has 0 radical (unpaired) electrons. The summed E-state index contributed by atoms with van der Waals surface area (Å²) in [5.74, 6) is 0.474. The molecule has 6 aliphatic heterocycles. The van der Waals surface area contributed by atoms with E-state index in [0.717, 1.165) is 5.56 Å². The lowest BCUT2D eigenvalue weighted by Gasteiger charge is -2.40. The normalized spacial score (nSPS) is 22.4. The highest BCUT2D eigenvalue weighted by Crippen LogP contribution is 2.28. The predicted octanol–water partition coefficient (Wildman–Crippen LogP) is 9.05. The van der Waals surface area contributed by atoms with Gasteiger partial charge in [0.2, 0.25) is 53.2 Å². The van der Waals surface area contributed by atoms with Crippen LogP contribution in [-0.4, -0.2) is 291 Å². The monoisotopic (exact) mass is 1900 g/mol. The van der Waals surface area contributed by atoms with Gasteiger partial charge in [-0.05, 0) is 180 Å². The molecule has 6 aliphatic rings. The van der Waals surface area contributed by atoms with Crippen LogP contribution in [0.5, 0.6) is 0 Å². The lowest BCUT2D eigenvalue weighted by molar-refractivity contribution is -0.139. The van der Waals surface area contributed by atoms with Crippen LogP contribution in [0.15, 0.2) is 72.9 Å². The summed E-state index contributed by atoms with van der Waals surface area (Å²) in [6.45, 7) is 49.5. The van der Waals surface area contributed by atoms with Gasteiger partial charge < -0.3 is 85.8 Å². The highest BCUT2D eigenvalue weighted by atomic mass is 16.6. The standard InChI is InChI=1S/C44H70N8O8.C29H46N6O6.C25H42N6O4/c1-11-34(41(56)52-26-38(55)50-40(36(52)23-28(2)3)46-31(7)29(4)5)48-39-35(21-20-30(6)53)51(25-37(54)49-39)24-33(19-15-16-22-45-42(57)60-44(8,9)10)47-43(58)59-27-32-17-13-12-14-18-32;1-9-13-41-29(40)35-16-25(38)32-26(22(35)12-11-19(7)36)31-21(10-2)28(39)34-15-24(37)33-27(23(34)14-17(3)4)30-20(8)18(5)6;1-8-18(28-23-19(10-9-16(6)32)26-12-21(33)29-23)25(35)31-13-22(34)30-24(20(31)11-14(2)3)27-17(7)15(4)5/h12-14,17-18,28-29,31,33-36H,11,15-16,19-27H2,1-10H3,(H,45,57)(H,47,58)(H,46,50,55)(H,48,49,54);9,17-18,20-23H,1,10-16H2,2-8H3,(H,30,33,37)(H,31,32,38);14-15,17-20,26H,8-13H2,1-7H3,(H,27,30,34)(H,28,29,33)/t31-,33+,34+,35+,36+;20-,21+,22+,23+;17-,18+,19+,20+/m111/s1. The number of unbranched alkanes of at least 4 members (excludes halogenated alkanes) is 1. The molecule has 0 aromatic heterocycles. The smallest absolute Gasteiger partial charge is 0.411 e. The highest BCUT2D eigenvalue weighted by Gasteiger charge is 2.45. The van der Waals surface area contributed by atoms with Crippen molar-refractivity contribution in [2.24, 2.45) is 65.5 Å². The van der Waals surface area contributed by atoms with Gasteiger partial charge in [0, 0.05) is 38.4 Å². The number of aliphatic imine (C=N–C) groups is 6. The fourth-order valence-corrected chi connectivity index (χ4v) is 15.6. The van der Waals surface area contributed by atoms with Crippen molar-refractivity contribution in [1.29, 1.82) is 0 Å². The number of nitrogens with one attached hydrogen (secondary N) is 9. The first-order valence-electron chi connectivity index (χ1n) is 48.6. The van der Waals surface area contributed by atoms with E-state index in [-0.39, 0.29) is 233 Å². The number of alkyl carbamates (subject to hydrolysis) is 2. The third kappa shape index (κ3) is 38.8. The van der Waals surface area contributed by atoms with Gasteiger partial charge in [-0.15, -0.1) is 0 Å². The van der Waals surface area contributed by atoms with E-state index < -0.39 is 78.1 Å². The second kappa shape index (κ2) is 56.6. The van der Waals surface area contributed by atoms with E-state index >= 15 is 0 Å². The lowest BCUT2D eigenvalue weighted by atomic mass is 9.97. The number of amidine groups is 6. The van der Waals surface area contributed by atoms with Crippen LogP contribution in [0, 0.1) is 35.5 Å². The molecular weight excluding hydrogens is 1750 g/mol. The number of carbonyl (C=O) groups is 15. The number of rotatable bonds is 42. The van der Waals surface area contributed by atoms with Gasteiger partial charge in [0.1, 0.15) is 115 Å². The van der Waals surface area contributed by atoms with E-state index in [1.165, 1.54) is 36.6 Å². The van der Waals surface area contributed by atoms with Crippen molar-refractivity contribution in [3.05, 3.63) is 48.6 Å². The molecule has 0 aliphatic carbocycles. The average Bonchev–Trinajstić information content (AvgIpc) is 0.793.